The van der Waals surface area contributed by atoms with E-state index in [1.165, 1.54) is 11.8 Å². The molecule has 78 valence electrons. The SMILES string of the molecule is N#Cc1ccnc(Sc2cccc(Cl)c2)c1. The molecule has 2 nitrogen and oxygen atoms in total. The molecule has 0 saturated carbocycles. The number of benzene rings is 1. The average Bonchev–Trinajstić information content (AvgIpc) is 2.29. The number of halogens is 1. The van der Waals surface area contributed by atoms with Gasteiger partial charge >= 0.3 is 0 Å². The average molecular weight is 247 g/mol. The first-order chi connectivity index (χ1) is 7.78. The summed E-state index contributed by atoms with van der Waals surface area (Å²) in [5.41, 5.74) is 0.611. The summed E-state index contributed by atoms with van der Waals surface area (Å²) in [5.74, 6) is 0. The van der Waals surface area contributed by atoms with Crippen LogP contribution in [0, 0.1) is 11.3 Å². The van der Waals surface area contributed by atoms with Crippen LogP contribution in [0.25, 0.3) is 0 Å². The van der Waals surface area contributed by atoms with Gasteiger partial charge in [-0.1, -0.05) is 29.4 Å². The van der Waals surface area contributed by atoms with Crippen LogP contribution >= 0.6 is 23.4 Å². The van der Waals surface area contributed by atoms with E-state index in [0.717, 1.165) is 9.92 Å². The molecule has 4 heteroatoms. The van der Waals surface area contributed by atoms with Crippen molar-refractivity contribution in [3.8, 4) is 6.07 Å². The molecule has 16 heavy (non-hydrogen) atoms. The Morgan fingerprint density at radius 1 is 1.25 bits per heavy atom. The van der Waals surface area contributed by atoms with Crippen LogP contribution in [0.2, 0.25) is 5.02 Å². The fourth-order valence-electron chi connectivity index (χ4n) is 1.19. The van der Waals surface area contributed by atoms with E-state index in [1.807, 2.05) is 24.3 Å². The first kappa shape index (κ1) is 11.0. The van der Waals surface area contributed by atoms with E-state index in [-0.39, 0.29) is 0 Å². The number of nitriles is 1. The first-order valence-electron chi connectivity index (χ1n) is 4.57. The minimum atomic E-state index is 0.611. The van der Waals surface area contributed by atoms with Crippen LogP contribution in [0.4, 0.5) is 0 Å². The van der Waals surface area contributed by atoms with E-state index in [1.54, 1.807) is 18.3 Å². The van der Waals surface area contributed by atoms with Gasteiger partial charge in [0.2, 0.25) is 0 Å². The van der Waals surface area contributed by atoms with Gasteiger partial charge in [0.1, 0.15) is 5.03 Å². The van der Waals surface area contributed by atoms with Crippen molar-refractivity contribution in [3.05, 3.63) is 53.2 Å². The molecule has 0 spiro atoms. The lowest BCUT2D eigenvalue weighted by atomic mass is 10.3. The summed E-state index contributed by atoms with van der Waals surface area (Å²) >= 11 is 7.37. The van der Waals surface area contributed by atoms with Crippen LogP contribution < -0.4 is 0 Å². The first-order valence-corrected chi connectivity index (χ1v) is 5.77. The van der Waals surface area contributed by atoms with Gasteiger partial charge in [-0.25, -0.2) is 4.98 Å². The molecule has 2 aromatic rings. The largest absolute Gasteiger partial charge is 0.250 e. The highest BCUT2D eigenvalue weighted by molar-refractivity contribution is 7.99. The molecule has 1 aromatic carbocycles. The van der Waals surface area contributed by atoms with Crippen LogP contribution in [0.1, 0.15) is 5.56 Å². The number of nitrogens with zero attached hydrogens (tertiary/aromatic N) is 2. The second-order valence-electron chi connectivity index (χ2n) is 3.05. The van der Waals surface area contributed by atoms with Crippen molar-refractivity contribution in [2.75, 3.05) is 0 Å². The minimum absolute atomic E-state index is 0.611. The van der Waals surface area contributed by atoms with Gasteiger partial charge in [0, 0.05) is 16.1 Å². The molecule has 0 aliphatic carbocycles. The summed E-state index contributed by atoms with van der Waals surface area (Å²) in [6.07, 6.45) is 1.63. The molecule has 0 bridgehead atoms. The van der Waals surface area contributed by atoms with Gasteiger partial charge in [-0.15, -0.1) is 0 Å². The Balaban J connectivity index is 2.24. The Morgan fingerprint density at radius 3 is 2.88 bits per heavy atom. The van der Waals surface area contributed by atoms with Crippen LogP contribution in [-0.2, 0) is 0 Å². The van der Waals surface area contributed by atoms with Gasteiger partial charge in [0.15, 0.2) is 0 Å². The molecular weight excluding hydrogens is 240 g/mol. The predicted octanol–water partition coefficient (Wildman–Crippen LogP) is 3.76. The summed E-state index contributed by atoms with van der Waals surface area (Å²) in [7, 11) is 0. The highest BCUT2D eigenvalue weighted by Crippen LogP contribution is 2.27. The molecule has 1 aromatic heterocycles. The normalized spacial score (nSPS) is 9.75. The maximum absolute atomic E-state index is 8.76. The van der Waals surface area contributed by atoms with Gasteiger partial charge in [0.25, 0.3) is 0 Å². The van der Waals surface area contributed by atoms with Crippen LogP contribution in [0.3, 0.4) is 0 Å². The lowest BCUT2D eigenvalue weighted by Crippen LogP contribution is -1.81. The highest BCUT2D eigenvalue weighted by atomic mass is 35.5. The van der Waals surface area contributed by atoms with E-state index in [9.17, 15) is 0 Å². The standard InChI is InChI=1S/C12H7ClN2S/c13-10-2-1-3-11(7-10)16-12-6-9(8-14)4-5-15-12/h1-7H. The van der Waals surface area contributed by atoms with Crippen molar-refractivity contribution in [2.45, 2.75) is 9.92 Å². The number of hydrogen-bond donors (Lipinski definition) is 0. The fourth-order valence-corrected chi connectivity index (χ4v) is 2.31. The maximum Gasteiger partial charge on any atom is 0.102 e. The number of aromatic nitrogens is 1. The molecule has 0 atom stereocenters. The molecular formula is C12H7ClN2S. The summed E-state index contributed by atoms with van der Waals surface area (Å²) < 4.78 is 0. The third-order valence-corrected chi connectivity index (χ3v) is 3.04. The summed E-state index contributed by atoms with van der Waals surface area (Å²) in [5, 5.41) is 10.3. The van der Waals surface area contributed by atoms with Crippen LogP contribution in [0.5, 0.6) is 0 Å². The minimum Gasteiger partial charge on any atom is -0.250 e. The Morgan fingerprint density at radius 2 is 2.12 bits per heavy atom. The number of hydrogen-bond acceptors (Lipinski definition) is 3. The van der Waals surface area contributed by atoms with Crippen molar-refractivity contribution in [3.63, 3.8) is 0 Å². The smallest absolute Gasteiger partial charge is 0.102 e. The molecule has 0 N–H and O–H groups in total. The molecule has 1 heterocycles. The van der Waals surface area contributed by atoms with Crippen molar-refractivity contribution in [2.24, 2.45) is 0 Å². The Hall–Kier alpha value is -1.50. The molecule has 0 aliphatic heterocycles. The van der Waals surface area contributed by atoms with E-state index < -0.39 is 0 Å². The molecule has 0 unspecified atom stereocenters. The van der Waals surface area contributed by atoms with Crippen LogP contribution in [0.15, 0.2) is 52.5 Å². The number of pyridine rings is 1. The number of rotatable bonds is 2. The zero-order chi connectivity index (χ0) is 11.4. The second kappa shape index (κ2) is 5.02. The Bertz CT molecular complexity index is 549. The fraction of sp³-hybridized carbons (Fsp3) is 0. The van der Waals surface area contributed by atoms with Crippen LogP contribution in [-0.4, -0.2) is 4.98 Å². The van der Waals surface area contributed by atoms with Crippen molar-refractivity contribution in [1.29, 1.82) is 5.26 Å². The van der Waals surface area contributed by atoms with Gasteiger partial charge in [-0.05, 0) is 30.3 Å². The zero-order valence-corrected chi connectivity index (χ0v) is 9.79. The highest BCUT2D eigenvalue weighted by Gasteiger charge is 2.00. The molecule has 0 fully saturated rings. The Kier molecular flexibility index (Phi) is 3.45. The summed E-state index contributed by atoms with van der Waals surface area (Å²) in [6, 6.07) is 13.1. The van der Waals surface area contributed by atoms with Crippen molar-refractivity contribution in [1.82, 2.24) is 4.98 Å². The molecule has 0 radical (unpaired) electrons. The maximum atomic E-state index is 8.76. The van der Waals surface area contributed by atoms with Crippen molar-refractivity contribution >= 4 is 23.4 Å². The third-order valence-electron chi connectivity index (χ3n) is 1.88. The lowest BCUT2D eigenvalue weighted by molar-refractivity contribution is 1.12. The van der Waals surface area contributed by atoms with Gasteiger partial charge in [-0.2, -0.15) is 5.26 Å². The van der Waals surface area contributed by atoms with Gasteiger partial charge in [0.05, 0.1) is 11.6 Å². The quantitative estimate of drug-likeness (QED) is 0.810. The third kappa shape index (κ3) is 2.75. The van der Waals surface area contributed by atoms with E-state index in [4.69, 9.17) is 16.9 Å². The lowest BCUT2D eigenvalue weighted by Gasteiger charge is -2.01. The second-order valence-corrected chi connectivity index (χ2v) is 4.58. The topological polar surface area (TPSA) is 36.7 Å². The van der Waals surface area contributed by atoms with E-state index in [0.29, 0.717) is 10.6 Å². The Labute approximate surface area is 103 Å². The van der Waals surface area contributed by atoms with E-state index in [2.05, 4.69) is 11.1 Å². The summed E-state index contributed by atoms with van der Waals surface area (Å²) in [4.78, 5) is 5.19. The molecule has 2 rings (SSSR count). The van der Waals surface area contributed by atoms with Gasteiger partial charge in [-0.3, -0.25) is 0 Å². The molecule has 0 aliphatic rings. The monoisotopic (exact) mass is 246 g/mol. The van der Waals surface area contributed by atoms with Crippen molar-refractivity contribution < 1.29 is 0 Å². The summed E-state index contributed by atoms with van der Waals surface area (Å²) in [6.45, 7) is 0. The van der Waals surface area contributed by atoms with Gasteiger partial charge < -0.3 is 0 Å². The predicted molar refractivity (Wildman–Crippen MR) is 64.5 cm³/mol. The zero-order valence-electron chi connectivity index (χ0n) is 8.22. The molecule has 0 amide bonds. The molecule has 0 saturated heterocycles. The van der Waals surface area contributed by atoms with E-state index >= 15 is 0 Å².